The standard InChI is InChI=1S/C21H26N4/c1-16(12-13-17-8-4-3-5-9-17)24-21(22-2)23-15-19-14-18-10-6-7-11-20(18)25-19/h3-11,14,16,25H,12-13,15H2,1-2H3,(H2,22,23,24). The molecule has 0 saturated carbocycles. The lowest BCUT2D eigenvalue weighted by Gasteiger charge is -2.17. The lowest BCUT2D eigenvalue weighted by atomic mass is 10.1. The summed E-state index contributed by atoms with van der Waals surface area (Å²) in [6.07, 6.45) is 2.13. The Hall–Kier alpha value is -2.75. The maximum absolute atomic E-state index is 4.33. The fraction of sp³-hybridized carbons (Fsp3) is 0.286. The maximum atomic E-state index is 4.33. The molecule has 4 heteroatoms. The van der Waals surface area contributed by atoms with E-state index in [1.54, 1.807) is 0 Å². The third-order valence-electron chi connectivity index (χ3n) is 4.35. The second kappa shape index (κ2) is 8.38. The van der Waals surface area contributed by atoms with E-state index in [0.29, 0.717) is 6.04 Å². The van der Waals surface area contributed by atoms with Crippen LogP contribution < -0.4 is 10.6 Å². The van der Waals surface area contributed by atoms with Crippen molar-refractivity contribution in [2.24, 2.45) is 4.99 Å². The molecular weight excluding hydrogens is 308 g/mol. The molecule has 2 aromatic carbocycles. The van der Waals surface area contributed by atoms with Crippen LogP contribution in [0.5, 0.6) is 0 Å². The van der Waals surface area contributed by atoms with Gasteiger partial charge in [0, 0.05) is 24.3 Å². The Morgan fingerprint density at radius 1 is 1.08 bits per heavy atom. The van der Waals surface area contributed by atoms with Gasteiger partial charge in [-0.1, -0.05) is 48.5 Å². The first-order valence-electron chi connectivity index (χ1n) is 8.82. The van der Waals surface area contributed by atoms with Gasteiger partial charge in [0.25, 0.3) is 0 Å². The van der Waals surface area contributed by atoms with Crippen LogP contribution in [0.3, 0.4) is 0 Å². The number of guanidine groups is 1. The summed E-state index contributed by atoms with van der Waals surface area (Å²) in [6.45, 7) is 2.92. The molecule has 0 saturated heterocycles. The van der Waals surface area contributed by atoms with E-state index in [-0.39, 0.29) is 0 Å². The van der Waals surface area contributed by atoms with Gasteiger partial charge in [0.1, 0.15) is 0 Å². The monoisotopic (exact) mass is 334 g/mol. The molecule has 1 unspecified atom stereocenters. The van der Waals surface area contributed by atoms with Crippen LogP contribution in [0.15, 0.2) is 65.7 Å². The number of nitrogens with one attached hydrogen (secondary N) is 3. The van der Waals surface area contributed by atoms with Gasteiger partial charge in [0.15, 0.2) is 5.96 Å². The highest BCUT2D eigenvalue weighted by molar-refractivity contribution is 5.81. The molecule has 0 aliphatic carbocycles. The summed E-state index contributed by atoms with van der Waals surface area (Å²) in [7, 11) is 1.81. The van der Waals surface area contributed by atoms with E-state index in [1.807, 2.05) is 13.1 Å². The average molecular weight is 334 g/mol. The van der Waals surface area contributed by atoms with E-state index in [1.165, 1.54) is 16.5 Å². The smallest absolute Gasteiger partial charge is 0.191 e. The van der Waals surface area contributed by atoms with Gasteiger partial charge in [0.2, 0.25) is 0 Å². The Morgan fingerprint density at radius 3 is 2.60 bits per heavy atom. The van der Waals surface area contributed by atoms with E-state index in [9.17, 15) is 0 Å². The van der Waals surface area contributed by atoms with Crippen LogP contribution >= 0.6 is 0 Å². The van der Waals surface area contributed by atoms with Crippen molar-refractivity contribution in [2.45, 2.75) is 32.4 Å². The van der Waals surface area contributed by atoms with E-state index in [4.69, 9.17) is 0 Å². The summed E-state index contributed by atoms with van der Waals surface area (Å²) in [5.41, 5.74) is 3.69. The molecule has 0 aliphatic rings. The summed E-state index contributed by atoms with van der Waals surface area (Å²) in [4.78, 5) is 7.76. The third kappa shape index (κ3) is 4.86. The molecule has 1 aromatic heterocycles. The van der Waals surface area contributed by atoms with Gasteiger partial charge in [-0.15, -0.1) is 0 Å². The zero-order valence-corrected chi connectivity index (χ0v) is 14.9. The van der Waals surface area contributed by atoms with Crippen LogP contribution in [0.25, 0.3) is 10.9 Å². The first kappa shape index (κ1) is 17.1. The van der Waals surface area contributed by atoms with Crippen LogP contribution in [0.4, 0.5) is 0 Å². The number of hydrogen-bond donors (Lipinski definition) is 3. The van der Waals surface area contributed by atoms with E-state index >= 15 is 0 Å². The minimum absolute atomic E-state index is 0.356. The van der Waals surface area contributed by atoms with Gasteiger partial charge in [-0.25, -0.2) is 0 Å². The van der Waals surface area contributed by atoms with Crippen LogP contribution in [0.1, 0.15) is 24.6 Å². The van der Waals surface area contributed by atoms with Gasteiger partial charge in [0.05, 0.1) is 6.54 Å². The number of nitrogens with zero attached hydrogens (tertiary/aromatic N) is 1. The average Bonchev–Trinajstić information content (AvgIpc) is 3.07. The van der Waals surface area contributed by atoms with Crippen LogP contribution in [-0.4, -0.2) is 24.0 Å². The quantitative estimate of drug-likeness (QED) is 0.474. The molecule has 3 aromatic rings. The molecule has 0 bridgehead atoms. The molecule has 25 heavy (non-hydrogen) atoms. The zero-order chi connectivity index (χ0) is 17.5. The highest BCUT2D eigenvalue weighted by atomic mass is 15.2. The molecule has 1 heterocycles. The van der Waals surface area contributed by atoms with Gasteiger partial charge < -0.3 is 15.6 Å². The van der Waals surface area contributed by atoms with Crippen LogP contribution in [0, 0.1) is 0 Å². The lowest BCUT2D eigenvalue weighted by molar-refractivity contribution is 0.592. The zero-order valence-electron chi connectivity index (χ0n) is 14.9. The van der Waals surface area contributed by atoms with E-state index < -0.39 is 0 Å². The molecule has 0 aliphatic heterocycles. The molecule has 130 valence electrons. The Balaban J connectivity index is 1.48. The fourth-order valence-corrected chi connectivity index (χ4v) is 2.94. The highest BCUT2D eigenvalue weighted by Gasteiger charge is 2.06. The summed E-state index contributed by atoms with van der Waals surface area (Å²) >= 11 is 0. The number of hydrogen-bond acceptors (Lipinski definition) is 1. The first-order chi connectivity index (χ1) is 12.2. The van der Waals surface area contributed by atoms with Crippen LogP contribution in [0.2, 0.25) is 0 Å². The number of fused-ring (bicyclic) bond motifs is 1. The predicted molar refractivity (Wildman–Crippen MR) is 106 cm³/mol. The van der Waals surface area contributed by atoms with Gasteiger partial charge in [-0.3, -0.25) is 4.99 Å². The lowest BCUT2D eigenvalue weighted by Crippen LogP contribution is -2.42. The number of H-pyrrole nitrogens is 1. The SMILES string of the molecule is CN=C(NCc1cc2ccccc2[nH]1)NC(C)CCc1ccccc1. The second-order valence-corrected chi connectivity index (χ2v) is 6.38. The number of aromatic nitrogens is 1. The van der Waals surface area contributed by atoms with Crippen molar-refractivity contribution in [3.8, 4) is 0 Å². The maximum Gasteiger partial charge on any atom is 0.191 e. The van der Waals surface area contributed by atoms with Crippen LogP contribution in [-0.2, 0) is 13.0 Å². The molecule has 1 atom stereocenters. The van der Waals surface area contributed by atoms with Crippen molar-refractivity contribution in [3.63, 3.8) is 0 Å². The largest absolute Gasteiger partial charge is 0.357 e. The number of benzene rings is 2. The minimum atomic E-state index is 0.356. The number of aromatic amines is 1. The molecule has 0 amide bonds. The summed E-state index contributed by atoms with van der Waals surface area (Å²) in [6, 6.07) is 21.4. The Labute approximate surface area is 149 Å². The van der Waals surface area contributed by atoms with Gasteiger partial charge >= 0.3 is 0 Å². The topological polar surface area (TPSA) is 52.2 Å². The summed E-state index contributed by atoms with van der Waals surface area (Å²) in [5.74, 6) is 0.833. The second-order valence-electron chi connectivity index (χ2n) is 6.38. The van der Waals surface area contributed by atoms with Crippen molar-refractivity contribution in [1.29, 1.82) is 0 Å². The Kier molecular flexibility index (Phi) is 5.73. The minimum Gasteiger partial charge on any atom is -0.357 e. The first-order valence-corrected chi connectivity index (χ1v) is 8.82. The van der Waals surface area contributed by atoms with Crippen molar-refractivity contribution in [3.05, 3.63) is 71.9 Å². The summed E-state index contributed by atoms with van der Waals surface area (Å²) in [5, 5.41) is 8.08. The number of aliphatic imine (C=N–C) groups is 1. The van der Waals surface area contributed by atoms with Crippen molar-refractivity contribution >= 4 is 16.9 Å². The van der Waals surface area contributed by atoms with Crippen molar-refractivity contribution < 1.29 is 0 Å². The van der Waals surface area contributed by atoms with Gasteiger partial charge in [-0.05, 0) is 42.8 Å². The molecule has 3 N–H and O–H groups in total. The van der Waals surface area contributed by atoms with Crippen molar-refractivity contribution in [1.82, 2.24) is 15.6 Å². The Bertz CT molecular complexity index is 787. The van der Waals surface area contributed by atoms with Crippen molar-refractivity contribution in [2.75, 3.05) is 7.05 Å². The number of aryl methyl sites for hydroxylation is 1. The predicted octanol–water partition coefficient (Wildman–Crippen LogP) is 3.85. The normalized spacial score (nSPS) is 13.0. The van der Waals surface area contributed by atoms with E-state index in [0.717, 1.165) is 31.0 Å². The molecule has 0 radical (unpaired) electrons. The van der Waals surface area contributed by atoms with E-state index in [2.05, 4.69) is 82.1 Å². The molecule has 3 rings (SSSR count). The fourth-order valence-electron chi connectivity index (χ4n) is 2.94. The third-order valence-corrected chi connectivity index (χ3v) is 4.35. The van der Waals surface area contributed by atoms with Gasteiger partial charge in [-0.2, -0.15) is 0 Å². The number of para-hydroxylation sites is 1. The molecule has 0 spiro atoms. The molecule has 4 nitrogen and oxygen atoms in total. The summed E-state index contributed by atoms with van der Waals surface area (Å²) < 4.78 is 0. The molecular formula is C21H26N4. The molecule has 0 fully saturated rings. The Morgan fingerprint density at radius 2 is 1.84 bits per heavy atom. The number of rotatable bonds is 6. The highest BCUT2D eigenvalue weighted by Crippen LogP contribution is 2.14.